The lowest BCUT2D eigenvalue weighted by Gasteiger charge is -2.20. The average molecular weight is 298 g/mol. The van der Waals surface area contributed by atoms with Crippen LogP contribution in [0, 0.1) is 5.92 Å². The van der Waals surface area contributed by atoms with Crippen LogP contribution in [0.2, 0.25) is 0 Å². The van der Waals surface area contributed by atoms with Crippen molar-refractivity contribution in [1.82, 2.24) is 0 Å². The molecule has 0 radical (unpaired) electrons. The molecule has 0 amide bonds. The summed E-state index contributed by atoms with van der Waals surface area (Å²) in [6.45, 7) is 5.48. The molecule has 1 aromatic carbocycles. The van der Waals surface area contributed by atoms with Crippen LogP contribution in [0.4, 0.5) is 0 Å². The van der Waals surface area contributed by atoms with Crippen molar-refractivity contribution in [2.24, 2.45) is 5.92 Å². The molecule has 0 spiro atoms. The molecule has 1 aromatic rings. The molecule has 2 atom stereocenters. The Balaban J connectivity index is 2.26. The van der Waals surface area contributed by atoms with Gasteiger partial charge in [0, 0.05) is 11.5 Å². The summed E-state index contributed by atoms with van der Waals surface area (Å²) in [6.07, 6.45) is 10.4. The van der Waals surface area contributed by atoms with Gasteiger partial charge in [-0.2, -0.15) is 0 Å². The fourth-order valence-corrected chi connectivity index (χ4v) is 3.53. The zero-order valence-corrected chi connectivity index (χ0v) is 13.5. The van der Waals surface area contributed by atoms with Gasteiger partial charge in [0.2, 0.25) is 0 Å². The lowest BCUT2D eigenvalue weighted by Crippen LogP contribution is -2.07. The molecule has 2 unspecified atom stereocenters. The molecule has 0 aliphatic heterocycles. The Morgan fingerprint density at radius 2 is 1.82 bits per heavy atom. The minimum atomic E-state index is 0.135. The van der Waals surface area contributed by atoms with Gasteiger partial charge >= 0.3 is 0 Å². The molecule has 1 aliphatic rings. The standard InChI is InChI=1S/C20H26O2/c1-3-16-11-12-19(15(2)22)20(13-16)18-9-5-4-7-17(14-21)8-6-10-18/h3,11-14,17-18H,1,4-10H2,2H3. The number of carbonyl (C=O) groups excluding carboxylic acids is 2. The largest absolute Gasteiger partial charge is 0.303 e. The first-order valence-corrected chi connectivity index (χ1v) is 8.38. The Bertz CT molecular complexity index is 545. The summed E-state index contributed by atoms with van der Waals surface area (Å²) in [5.41, 5.74) is 3.10. The minimum Gasteiger partial charge on any atom is -0.303 e. The second kappa shape index (κ2) is 8.07. The fourth-order valence-electron chi connectivity index (χ4n) is 3.53. The van der Waals surface area contributed by atoms with E-state index in [1.54, 1.807) is 6.92 Å². The van der Waals surface area contributed by atoms with Crippen molar-refractivity contribution < 1.29 is 9.59 Å². The molecule has 0 heterocycles. The van der Waals surface area contributed by atoms with Gasteiger partial charge in [-0.3, -0.25) is 4.79 Å². The van der Waals surface area contributed by atoms with E-state index in [-0.39, 0.29) is 11.7 Å². The molecule has 2 rings (SSSR count). The zero-order valence-electron chi connectivity index (χ0n) is 13.5. The third-order valence-corrected chi connectivity index (χ3v) is 4.83. The van der Waals surface area contributed by atoms with Gasteiger partial charge in [0.1, 0.15) is 6.29 Å². The lowest BCUT2D eigenvalue weighted by molar-refractivity contribution is -0.111. The van der Waals surface area contributed by atoms with Crippen molar-refractivity contribution in [3.8, 4) is 0 Å². The van der Waals surface area contributed by atoms with Crippen LogP contribution in [0.3, 0.4) is 0 Å². The van der Waals surface area contributed by atoms with E-state index in [1.807, 2.05) is 18.2 Å². The molecule has 1 saturated carbocycles. The average Bonchev–Trinajstić information content (AvgIpc) is 2.65. The first kappa shape index (κ1) is 16.7. The third-order valence-electron chi connectivity index (χ3n) is 4.83. The number of benzene rings is 1. The molecular formula is C20H26O2. The number of Topliss-reactive ketones (excluding diaryl/α,β-unsaturated/α-hetero) is 1. The Hall–Kier alpha value is -1.70. The normalized spacial score (nSPS) is 23.0. The highest BCUT2D eigenvalue weighted by atomic mass is 16.1. The number of ketones is 1. The first-order chi connectivity index (χ1) is 10.7. The molecule has 118 valence electrons. The summed E-state index contributed by atoms with van der Waals surface area (Å²) in [7, 11) is 0. The van der Waals surface area contributed by atoms with Crippen molar-refractivity contribution in [3.05, 3.63) is 41.5 Å². The third kappa shape index (κ3) is 4.16. The zero-order chi connectivity index (χ0) is 15.9. The van der Waals surface area contributed by atoms with Crippen LogP contribution in [-0.4, -0.2) is 12.1 Å². The van der Waals surface area contributed by atoms with Crippen LogP contribution in [0.15, 0.2) is 24.8 Å². The van der Waals surface area contributed by atoms with E-state index in [4.69, 9.17) is 0 Å². The predicted molar refractivity (Wildman–Crippen MR) is 91.2 cm³/mol. The van der Waals surface area contributed by atoms with E-state index in [9.17, 15) is 9.59 Å². The Kier molecular flexibility index (Phi) is 6.11. The second-order valence-electron chi connectivity index (χ2n) is 6.42. The van der Waals surface area contributed by atoms with Crippen LogP contribution in [0.25, 0.3) is 6.08 Å². The number of hydrogen-bond acceptors (Lipinski definition) is 2. The maximum atomic E-state index is 12.0. The summed E-state index contributed by atoms with van der Waals surface area (Å²) in [6, 6.07) is 6.03. The molecule has 22 heavy (non-hydrogen) atoms. The van der Waals surface area contributed by atoms with Crippen molar-refractivity contribution in [2.75, 3.05) is 0 Å². The van der Waals surface area contributed by atoms with Gasteiger partial charge in [-0.05, 0) is 49.7 Å². The first-order valence-electron chi connectivity index (χ1n) is 8.38. The molecule has 2 heteroatoms. The highest BCUT2D eigenvalue weighted by Crippen LogP contribution is 2.34. The number of rotatable bonds is 4. The molecule has 2 nitrogen and oxygen atoms in total. The van der Waals surface area contributed by atoms with E-state index in [0.29, 0.717) is 5.92 Å². The van der Waals surface area contributed by atoms with Crippen LogP contribution < -0.4 is 0 Å². The monoisotopic (exact) mass is 298 g/mol. The van der Waals surface area contributed by atoms with E-state index >= 15 is 0 Å². The fraction of sp³-hybridized carbons (Fsp3) is 0.500. The van der Waals surface area contributed by atoms with Crippen LogP contribution in [0.5, 0.6) is 0 Å². The summed E-state index contributed by atoms with van der Waals surface area (Å²) in [4.78, 5) is 23.0. The van der Waals surface area contributed by atoms with Crippen molar-refractivity contribution in [1.29, 1.82) is 0 Å². The lowest BCUT2D eigenvalue weighted by atomic mass is 9.84. The van der Waals surface area contributed by atoms with E-state index < -0.39 is 0 Å². The van der Waals surface area contributed by atoms with Crippen molar-refractivity contribution >= 4 is 18.1 Å². The van der Waals surface area contributed by atoms with Crippen molar-refractivity contribution in [3.63, 3.8) is 0 Å². The maximum absolute atomic E-state index is 12.0. The van der Waals surface area contributed by atoms with Crippen LogP contribution in [-0.2, 0) is 4.79 Å². The van der Waals surface area contributed by atoms with Crippen molar-refractivity contribution in [2.45, 2.75) is 57.8 Å². The topological polar surface area (TPSA) is 34.1 Å². The summed E-state index contributed by atoms with van der Waals surface area (Å²) < 4.78 is 0. The van der Waals surface area contributed by atoms with E-state index in [2.05, 4.69) is 12.6 Å². The summed E-state index contributed by atoms with van der Waals surface area (Å²) in [5.74, 6) is 0.783. The van der Waals surface area contributed by atoms with E-state index in [0.717, 1.165) is 62.4 Å². The Morgan fingerprint density at radius 3 is 2.50 bits per heavy atom. The number of carbonyl (C=O) groups is 2. The van der Waals surface area contributed by atoms with E-state index in [1.165, 1.54) is 5.56 Å². The minimum absolute atomic E-state index is 0.135. The SMILES string of the molecule is C=Cc1ccc(C(C)=O)c(C2CCCCC(C=O)CCC2)c1. The van der Waals surface area contributed by atoms with Gasteiger partial charge in [-0.15, -0.1) is 0 Å². The molecule has 0 saturated heterocycles. The molecule has 0 aromatic heterocycles. The molecule has 1 fully saturated rings. The van der Waals surface area contributed by atoms with Gasteiger partial charge in [0.05, 0.1) is 0 Å². The Morgan fingerprint density at radius 1 is 1.14 bits per heavy atom. The van der Waals surface area contributed by atoms with Gasteiger partial charge in [0.15, 0.2) is 5.78 Å². The molecule has 0 bridgehead atoms. The quantitative estimate of drug-likeness (QED) is 0.567. The summed E-state index contributed by atoms with van der Waals surface area (Å²) >= 11 is 0. The van der Waals surface area contributed by atoms with Gasteiger partial charge in [-0.1, -0.05) is 50.1 Å². The highest BCUT2D eigenvalue weighted by molar-refractivity contribution is 5.96. The molecule has 1 aliphatic carbocycles. The van der Waals surface area contributed by atoms with Gasteiger partial charge < -0.3 is 4.79 Å². The molecule has 0 N–H and O–H groups in total. The summed E-state index contributed by atoms with van der Waals surface area (Å²) in [5, 5.41) is 0. The predicted octanol–water partition coefficient (Wildman–Crippen LogP) is 5.18. The Labute approximate surface area is 133 Å². The van der Waals surface area contributed by atoms with Crippen LogP contribution in [0.1, 0.15) is 79.3 Å². The van der Waals surface area contributed by atoms with Gasteiger partial charge in [0.25, 0.3) is 0 Å². The number of hydrogen-bond donors (Lipinski definition) is 0. The second-order valence-corrected chi connectivity index (χ2v) is 6.42. The highest BCUT2D eigenvalue weighted by Gasteiger charge is 2.20. The van der Waals surface area contributed by atoms with Crippen LogP contribution >= 0.6 is 0 Å². The number of aldehydes is 1. The maximum Gasteiger partial charge on any atom is 0.160 e. The smallest absolute Gasteiger partial charge is 0.160 e. The van der Waals surface area contributed by atoms with Gasteiger partial charge in [-0.25, -0.2) is 0 Å². The molecular weight excluding hydrogens is 272 g/mol.